The van der Waals surface area contributed by atoms with Crippen molar-refractivity contribution < 1.29 is 9.53 Å². The Morgan fingerprint density at radius 3 is 2.59 bits per heavy atom. The van der Waals surface area contributed by atoms with Crippen molar-refractivity contribution in [1.29, 1.82) is 5.26 Å². The van der Waals surface area contributed by atoms with E-state index in [0.29, 0.717) is 40.1 Å². The second kappa shape index (κ2) is 11.4. The molecule has 37 heavy (non-hydrogen) atoms. The molecule has 1 aliphatic heterocycles. The average molecular weight is 499 g/mol. The molecule has 10 nitrogen and oxygen atoms in total. The number of likely N-dealkylation sites (N-methyl/N-ethyl adjacent to an activating group) is 1. The Balaban J connectivity index is 1.67. The number of anilines is 6. The Kier molecular flexibility index (Phi) is 7.86. The van der Waals surface area contributed by atoms with Crippen molar-refractivity contribution >= 4 is 40.4 Å². The summed E-state index contributed by atoms with van der Waals surface area (Å²) in [6.45, 7) is 8.94. The number of aryl methyl sites for hydroxylation is 1. The Labute approximate surface area is 216 Å². The predicted octanol–water partition coefficient (Wildman–Crippen LogP) is 4.03. The maximum atomic E-state index is 12.2. The summed E-state index contributed by atoms with van der Waals surface area (Å²) < 4.78 is 5.70. The zero-order valence-electron chi connectivity index (χ0n) is 21.2. The number of piperazine rings is 1. The van der Waals surface area contributed by atoms with Gasteiger partial charge in [0.25, 0.3) is 0 Å². The standard InChI is InChI=1S/C27H30N8O2/c1-5-25(36)30-21-14-22(24(37-4)15-23(21)35-12-10-34(3)11-13-35)32-27-29-17-18(2)26(33-27)31-20-9-7-6-8-19(20)16-28/h5-9,14-15,17H,1,10-13H2,2-4H3,(H,30,36)(H2,29,31,32,33). The molecule has 0 radical (unpaired) electrons. The topological polar surface area (TPSA) is 118 Å². The zero-order valence-corrected chi connectivity index (χ0v) is 21.2. The van der Waals surface area contributed by atoms with Crippen LogP contribution in [0.2, 0.25) is 0 Å². The summed E-state index contributed by atoms with van der Waals surface area (Å²) in [5.41, 5.74) is 4.07. The summed E-state index contributed by atoms with van der Waals surface area (Å²) in [6, 6.07) is 13.1. The van der Waals surface area contributed by atoms with Gasteiger partial charge in [0.2, 0.25) is 11.9 Å². The number of benzene rings is 2. The van der Waals surface area contributed by atoms with E-state index in [-0.39, 0.29) is 5.91 Å². The number of carbonyl (C=O) groups excluding carboxylic acids is 1. The predicted molar refractivity (Wildman–Crippen MR) is 146 cm³/mol. The summed E-state index contributed by atoms with van der Waals surface area (Å²) in [4.78, 5) is 25.8. The lowest BCUT2D eigenvalue weighted by molar-refractivity contribution is -0.111. The molecule has 1 amide bonds. The van der Waals surface area contributed by atoms with Crippen LogP contribution in [0.3, 0.4) is 0 Å². The average Bonchev–Trinajstić information content (AvgIpc) is 2.91. The lowest BCUT2D eigenvalue weighted by Crippen LogP contribution is -2.44. The summed E-state index contributed by atoms with van der Waals surface area (Å²) in [7, 11) is 3.69. The number of hydrogen-bond donors (Lipinski definition) is 3. The number of hydrogen-bond acceptors (Lipinski definition) is 9. The molecular formula is C27H30N8O2. The quantitative estimate of drug-likeness (QED) is 0.396. The number of aromatic nitrogens is 2. The highest BCUT2D eigenvalue weighted by Crippen LogP contribution is 2.38. The van der Waals surface area contributed by atoms with E-state index in [9.17, 15) is 10.1 Å². The Hall–Kier alpha value is -4.62. The first kappa shape index (κ1) is 25.5. The van der Waals surface area contributed by atoms with Crippen molar-refractivity contribution in [3.63, 3.8) is 0 Å². The molecular weight excluding hydrogens is 468 g/mol. The van der Waals surface area contributed by atoms with Gasteiger partial charge < -0.3 is 30.5 Å². The van der Waals surface area contributed by atoms with Crippen molar-refractivity contribution in [3.8, 4) is 11.8 Å². The lowest BCUT2D eigenvalue weighted by atomic mass is 10.1. The highest BCUT2D eigenvalue weighted by atomic mass is 16.5. The highest BCUT2D eigenvalue weighted by molar-refractivity contribution is 6.02. The molecule has 1 aliphatic rings. The maximum absolute atomic E-state index is 12.2. The summed E-state index contributed by atoms with van der Waals surface area (Å²) in [5, 5.41) is 18.8. The third-order valence-corrected chi connectivity index (χ3v) is 6.12. The van der Waals surface area contributed by atoms with Crippen LogP contribution in [0.4, 0.5) is 34.5 Å². The number of amides is 1. The summed E-state index contributed by atoms with van der Waals surface area (Å²) >= 11 is 0. The van der Waals surface area contributed by atoms with Crippen LogP contribution in [0.5, 0.6) is 5.75 Å². The fourth-order valence-corrected chi connectivity index (χ4v) is 3.99. The zero-order chi connectivity index (χ0) is 26.4. The number of nitrogens with zero attached hydrogens (tertiary/aromatic N) is 5. The number of ether oxygens (including phenoxy) is 1. The minimum atomic E-state index is -0.305. The number of nitrogens with one attached hydrogen (secondary N) is 3. The van der Waals surface area contributed by atoms with Gasteiger partial charge in [-0.2, -0.15) is 10.2 Å². The minimum Gasteiger partial charge on any atom is -0.494 e. The molecule has 190 valence electrons. The van der Waals surface area contributed by atoms with E-state index in [0.717, 1.165) is 37.4 Å². The van der Waals surface area contributed by atoms with Gasteiger partial charge in [0.15, 0.2) is 0 Å². The first-order valence-electron chi connectivity index (χ1n) is 11.9. The number of nitriles is 1. The summed E-state index contributed by atoms with van der Waals surface area (Å²) in [6.07, 6.45) is 2.93. The van der Waals surface area contributed by atoms with Crippen LogP contribution in [0, 0.1) is 18.3 Å². The van der Waals surface area contributed by atoms with E-state index in [1.165, 1.54) is 6.08 Å². The molecule has 0 atom stereocenters. The van der Waals surface area contributed by atoms with Gasteiger partial charge in [0.1, 0.15) is 17.6 Å². The molecule has 0 aliphatic carbocycles. The third kappa shape index (κ3) is 5.97. The largest absolute Gasteiger partial charge is 0.494 e. The molecule has 3 N–H and O–H groups in total. The van der Waals surface area contributed by atoms with Crippen molar-refractivity contribution in [2.45, 2.75) is 6.92 Å². The molecule has 3 aromatic rings. The van der Waals surface area contributed by atoms with Crippen molar-refractivity contribution in [2.75, 3.05) is 61.2 Å². The lowest BCUT2D eigenvalue weighted by Gasteiger charge is -2.35. The monoisotopic (exact) mass is 498 g/mol. The number of rotatable bonds is 8. The van der Waals surface area contributed by atoms with E-state index >= 15 is 0 Å². The van der Waals surface area contributed by atoms with Crippen LogP contribution >= 0.6 is 0 Å². The van der Waals surface area contributed by atoms with Crippen molar-refractivity contribution in [2.24, 2.45) is 0 Å². The fourth-order valence-electron chi connectivity index (χ4n) is 3.99. The van der Waals surface area contributed by atoms with E-state index in [1.54, 1.807) is 19.4 Å². The van der Waals surface area contributed by atoms with Crippen LogP contribution in [0.15, 0.2) is 55.3 Å². The number of para-hydroxylation sites is 1. The second-order valence-electron chi connectivity index (χ2n) is 8.69. The SMILES string of the molecule is C=CC(=O)Nc1cc(Nc2ncc(C)c(Nc3ccccc3C#N)n2)c(OC)cc1N1CCN(C)CC1. The third-order valence-electron chi connectivity index (χ3n) is 6.12. The first-order valence-corrected chi connectivity index (χ1v) is 11.9. The Morgan fingerprint density at radius 1 is 1.14 bits per heavy atom. The van der Waals surface area contributed by atoms with E-state index < -0.39 is 0 Å². The smallest absolute Gasteiger partial charge is 0.247 e. The molecule has 4 rings (SSSR count). The van der Waals surface area contributed by atoms with Gasteiger partial charge in [-0.3, -0.25) is 4.79 Å². The molecule has 0 spiro atoms. The molecule has 10 heteroatoms. The molecule has 1 aromatic heterocycles. The second-order valence-corrected chi connectivity index (χ2v) is 8.69. The van der Waals surface area contributed by atoms with Crippen molar-refractivity contribution in [3.05, 3.63) is 66.4 Å². The van der Waals surface area contributed by atoms with Gasteiger partial charge >= 0.3 is 0 Å². The van der Waals surface area contributed by atoms with Gasteiger partial charge in [0.05, 0.1) is 35.4 Å². The number of methoxy groups -OCH3 is 1. The molecule has 2 aromatic carbocycles. The maximum Gasteiger partial charge on any atom is 0.247 e. The van der Waals surface area contributed by atoms with Gasteiger partial charge in [-0.05, 0) is 38.2 Å². The van der Waals surface area contributed by atoms with Gasteiger partial charge in [0, 0.05) is 44.0 Å². The van der Waals surface area contributed by atoms with Crippen LogP contribution < -0.4 is 25.6 Å². The van der Waals surface area contributed by atoms with E-state index in [4.69, 9.17) is 4.74 Å². The minimum absolute atomic E-state index is 0.305. The molecule has 0 unspecified atom stereocenters. The molecule has 2 heterocycles. The van der Waals surface area contributed by atoms with Crippen LogP contribution in [-0.2, 0) is 4.79 Å². The fraction of sp³-hybridized carbons (Fsp3) is 0.259. The number of carbonyl (C=O) groups is 1. The van der Waals surface area contributed by atoms with Crippen LogP contribution in [-0.4, -0.2) is 61.1 Å². The van der Waals surface area contributed by atoms with Gasteiger partial charge in [-0.1, -0.05) is 18.7 Å². The molecule has 1 fully saturated rings. The Bertz CT molecular complexity index is 1340. The Morgan fingerprint density at radius 2 is 1.89 bits per heavy atom. The normalized spacial score (nSPS) is 13.4. The molecule has 0 bridgehead atoms. The summed E-state index contributed by atoms with van der Waals surface area (Å²) in [5.74, 6) is 1.17. The van der Waals surface area contributed by atoms with Crippen LogP contribution in [0.1, 0.15) is 11.1 Å². The van der Waals surface area contributed by atoms with E-state index in [2.05, 4.69) is 55.4 Å². The van der Waals surface area contributed by atoms with Gasteiger partial charge in [-0.15, -0.1) is 0 Å². The molecule has 0 saturated carbocycles. The first-order chi connectivity index (χ1) is 17.9. The van der Waals surface area contributed by atoms with Crippen molar-refractivity contribution in [1.82, 2.24) is 14.9 Å². The highest BCUT2D eigenvalue weighted by Gasteiger charge is 2.21. The van der Waals surface area contributed by atoms with Gasteiger partial charge in [-0.25, -0.2) is 4.98 Å². The van der Waals surface area contributed by atoms with Crippen LogP contribution in [0.25, 0.3) is 0 Å². The molecule has 1 saturated heterocycles. The van der Waals surface area contributed by atoms with E-state index in [1.807, 2.05) is 37.3 Å².